The molecule has 0 unspecified atom stereocenters. The van der Waals surface area contributed by atoms with Gasteiger partial charge in [0.05, 0.1) is 18.7 Å². The third-order valence-corrected chi connectivity index (χ3v) is 5.31. The van der Waals surface area contributed by atoms with Gasteiger partial charge in [-0.2, -0.15) is 0 Å². The van der Waals surface area contributed by atoms with Gasteiger partial charge >= 0.3 is 0 Å². The summed E-state index contributed by atoms with van der Waals surface area (Å²) >= 11 is 1.71. The molecule has 1 N–H and O–H groups in total. The smallest absolute Gasteiger partial charge is 0.119 e. The number of hydrogen-bond acceptors (Lipinski definition) is 5. The van der Waals surface area contributed by atoms with Crippen molar-refractivity contribution >= 4 is 11.3 Å². The Balaban J connectivity index is 1.73. The molecule has 23 heavy (non-hydrogen) atoms. The van der Waals surface area contributed by atoms with E-state index in [2.05, 4.69) is 22.0 Å². The Morgan fingerprint density at radius 1 is 1.26 bits per heavy atom. The van der Waals surface area contributed by atoms with Crippen molar-refractivity contribution in [1.82, 2.24) is 9.88 Å². The molecule has 4 nitrogen and oxygen atoms in total. The van der Waals surface area contributed by atoms with E-state index in [1.165, 1.54) is 10.4 Å². The van der Waals surface area contributed by atoms with Gasteiger partial charge in [-0.3, -0.25) is 9.88 Å². The van der Waals surface area contributed by atoms with Gasteiger partial charge in [0.15, 0.2) is 0 Å². The first kappa shape index (κ1) is 16.4. The standard InChI is InChI=1S/C18H24N2O2S/c1-22-17-4-2-3-14(9-17)11-20(12-18-10-19-13-23-18)15-5-7-16(21)8-6-15/h2-4,9-10,13,15-16,21H,5-8,11-12H2,1H3. The van der Waals surface area contributed by atoms with Gasteiger partial charge in [-0.15, -0.1) is 11.3 Å². The van der Waals surface area contributed by atoms with Gasteiger partial charge in [0.2, 0.25) is 0 Å². The van der Waals surface area contributed by atoms with E-state index in [-0.39, 0.29) is 6.10 Å². The lowest BCUT2D eigenvalue weighted by molar-refractivity contribution is 0.0670. The zero-order valence-corrected chi connectivity index (χ0v) is 14.3. The van der Waals surface area contributed by atoms with Gasteiger partial charge in [0.25, 0.3) is 0 Å². The summed E-state index contributed by atoms with van der Waals surface area (Å²) in [5.74, 6) is 0.902. The van der Waals surface area contributed by atoms with E-state index in [1.54, 1.807) is 18.4 Å². The van der Waals surface area contributed by atoms with Gasteiger partial charge in [0.1, 0.15) is 5.75 Å². The fraction of sp³-hybridized carbons (Fsp3) is 0.500. The molecule has 1 aromatic heterocycles. The van der Waals surface area contributed by atoms with E-state index in [1.807, 2.05) is 23.8 Å². The van der Waals surface area contributed by atoms with E-state index in [0.29, 0.717) is 6.04 Å². The van der Waals surface area contributed by atoms with Crippen LogP contribution in [0.5, 0.6) is 5.75 Å². The molecule has 0 atom stereocenters. The first-order valence-electron chi connectivity index (χ1n) is 8.17. The second kappa shape index (κ2) is 7.90. The van der Waals surface area contributed by atoms with Crippen molar-refractivity contribution in [3.05, 3.63) is 46.4 Å². The Kier molecular flexibility index (Phi) is 5.65. The minimum absolute atomic E-state index is 0.117. The number of aliphatic hydroxyl groups excluding tert-OH is 1. The molecular weight excluding hydrogens is 308 g/mol. The number of thiazole rings is 1. The van der Waals surface area contributed by atoms with Gasteiger partial charge in [-0.25, -0.2) is 0 Å². The first-order valence-corrected chi connectivity index (χ1v) is 9.05. The van der Waals surface area contributed by atoms with Gasteiger partial charge in [-0.1, -0.05) is 12.1 Å². The van der Waals surface area contributed by atoms with Crippen LogP contribution in [-0.2, 0) is 13.1 Å². The molecule has 1 fully saturated rings. The van der Waals surface area contributed by atoms with Crippen molar-refractivity contribution in [3.8, 4) is 5.75 Å². The maximum atomic E-state index is 9.78. The lowest BCUT2D eigenvalue weighted by atomic mass is 9.91. The third-order valence-electron chi connectivity index (χ3n) is 4.54. The van der Waals surface area contributed by atoms with Gasteiger partial charge in [-0.05, 0) is 43.4 Å². The first-order chi connectivity index (χ1) is 11.2. The van der Waals surface area contributed by atoms with Crippen LogP contribution in [0.25, 0.3) is 0 Å². The number of rotatable bonds is 6. The number of ether oxygens (including phenoxy) is 1. The Morgan fingerprint density at radius 3 is 2.78 bits per heavy atom. The summed E-state index contributed by atoms with van der Waals surface area (Å²) in [4.78, 5) is 8.01. The van der Waals surface area contributed by atoms with Gasteiger partial charge < -0.3 is 9.84 Å². The number of hydrogen-bond donors (Lipinski definition) is 1. The van der Waals surface area contributed by atoms with Crippen LogP contribution in [0.15, 0.2) is 36.0 Å². The summed E-state index contributed by atoms with van der Waals surface area (Å²) in [5, 5.41) is 9.78. The predicted molar refractivity (Wildman–Crippen MR) is 92.6 cm³/mol. The highest BCUT2D eigenvalue weighted by atomic mass is 32.1. The van der Waals surface area contributed by atoms with Crippen LogP contribution in [0, 0.1) is 0 Å². The molecule has 3 rings (SSSR count). The van der Waals surface area contributed by atoms with E-state index in [0.717, 1.165) is 44.5 Å². The minimum Gasteiger partial charge on any atom is -0.497 e. The molecular formula is C18H24N2O2S. The molecule has 1 aromatic carbocycles. The molecule has 1 heterocycles. The van der Waals surface area contributed by atoms with Crippen molar-refractivity contribution in [2.24, 2.45) is 0 Å². The van der Waals surface area contributed by atoms with Crippen LogP contribution in [0.3, 0.4) is 0 Å². The quantitative estimate of drug-likeness (QED) is 0.880. The molecule has 2 aromatic rings. The molecule has 124 valence electrons. The summed E-state index contributed by atoms with van der Waals surface area (Å²) in [7, 11) is 1.71. The minimum atomic E-state index is -0.117. The average Bonchev–Trinajstić information content (AvgIpc) is 3.08. The summed E-state index contributed by atoms with van der Waals surface area (Å²) in [6.45, 7) is 1.82. The highest BCUT2D eigenvalue weighted by molar-refractivity contribution is 7.09. The van der Waals surface area contributed by atoms with Crippen molar-refractivity contribution in [2.45, 2.75) is 50.9 Å². The molecule has 5 heteroatoms. The predicted octanol–water partition coefficient (Wildman–Crippen LogP) is 3.46. The summed E-state index contributed by atoms with van der Waals surface area (Å²) in [6.07, 6.45) is 5.77. The zero-order chi connectivity index (χ0) is 16.1. The largest absolute Gasteiger partial charge is 0.497 e. The monoisotopic (exact) mass is 332 g/mol. The lowest BCUT2D eigenvalue weighted by Gasteiger charge is -2.35. The molecule has 0 amide bonds. The van der Waals surface area contributed by atoms with Crippen LogP contribution >= 0.6 is 11.3 Å². The second-order valence-electron chi connectivity index (χ2n) is 6.19. The van der Waals surface area contributed by atoms with Crippen molar-refractivity contribution in [3.63, 3.8) is 0 Å². The maximum absolute atomic E-state index is 9.78. The Labute approximate surface area is 141 Å². The molecule has 0 radical (unpaired) electrons. The summed E-state index contributed by atoms with van der Waals surface area (Å²) < 4.78 is 5.34. The zero-order valence-electron chi connectivity index (χ0n) is 13.5. The molecule has 0 spiro atoms. The molecule has 0 aliphatic heterocycles. The number of aliphatic hydroxyl groups is 1. The molecule has 1 aliphatic carbocycles. The average molecular weight is 332 g/mol. The van der Waals surface area contributed by atoms with Crippen LogP contribution in [-0.4, -0.2) is 34.2 Å². The number of benzene rings is 1. The maximum Gasteiger partial charge on any atom is 0.119 e. The second-order valence-corrected chi connectivity index (χ2v) is 7.16. The molecule has 0 bridgehead atoms. The SMILES string of the molecule is COc1cccc(CN(Cc2cncs2)C2CCC(O)CC2)c1. The highest BCUT2D eigenvalue weighted by Gasteiger charge is 2.25. The highest BCUT2D eigenvalue weighted by Crippen LogP contribution is 2.27. The van der Waals surface area contributed by atoms with Crippen LogP contribution in [0.4, 0.5) is 0 Å². The fourth-order valence-electron chi connectivity index (χ4n) is 3.26. The van der Waals surface area contributed by atoms with Crippen molar-refractivity contribution in [2.75, 3.05) is 7.11 Å². The Bertz CT molecular complexity index is 595. The number of aromatic nitrogens is 1. The van der Waals surface area contributed by atoms with Crippen LogP contribution in [0.2, 0.25) is 0 Å². The molecule has 1 saturated carbocycles. The Hall–Kier alpha value is -1.43. The number of nitrogens with zero attached hydrogens (tertiary/aromatic N) is 2. The molecule has 1 aliphatic rings. The van der Waals surface area contributed by atoms with Crippen LogP contribution < -0.4 is 4.74 Å². The van der Waals surface area contributed by atoms with E-state index in [4.69, 9.17) is 4.74 Å². The Morgan fingerprint density at radius 2 is 2.09 bits per heavy atom. The topological polar surface area (TPSA) is 45.6 Å². The summed E-state index contributed by atoms with van der Waals surface area (Å²) in [6, 6.07) is 8.81. The van der Waals surface area contributed by atoms with E-state index >= 15 is 0 Å². The van der Waals surface area contributed by atoms with Crippen molar-refractivity contribution in [1.29, 1.82) is 0 Å². The third kappa shape index (κ3) is 4.53. The van der Waals surface area contributed by atoms with Crippen molar-refractivity contribution < 1.29 is 9.84 Å². The fourth-order valence-corrected chi connectivity index (χ4v) is 3.88. The normalized spacial score (nSPS) is 21.5. The van der Waals surface area contributed by atoms with Gasteiger partial charge in [0, 0.05) is 30.2 Å². The summed E-state index contributed by atoms with van der Waals surface area (Å²) in [5.41, 5.74) is 3.16. The molecule has 0 saturated heterocycles. The van der Waals surface area contributed by atoms with E-state index < -0.39 is 0 Å². The van der Waals surface area contributed by atoms with Crippen LogP contribution in [0.1, 0.15) is 36.1 Å². The van der Waals surface area contributed by atoms with E-state index in [9.17, 15) is 5.11 Å². The number of methoxy groups -OCH3 is 1. The lowest BCUT2D eigenvalue weighted by Crippen LogP contribution is -2.38.